The van der Waals surface area contributed by atoms with Crippen LogP contribution in [-0.4, -0.2) is 19.9 Å². The van der Waals surface area contributed by atoms with Crippen molar-refractivity contribution >= 4 is 21.4 Å². The lowest BCUT2D eigenvalue weighted by Gasteiger charge is -2.09. The minimum absolute atomic E-state index is 0.228. The fourth-order valence-electron chi connectivity index (χ4n) is 1.85. The number of nitrogens with one attached hydrogen (secondary N) is 2. The van der Waals surface area contributed by atoms with Gasteiger partial charge in [-0.3, -0.25) is 9.71 Å². The molecule has 0 amide bonds. The van der Waals surface area contributed by atoms with Crippen molar-refractivity contribution in [2.24, 2.45) is 0 Å². The zero-order chi connectivity index (χ0) is 15.3. The molecule has 6 heteroatoms. The number of nitrogens with zero attached hydrogens (tertiary/aromatic N) is 1. The molecule has 0 atom stereocenters. The minimum atomic E-state index is -3.59. The molecule has 0 fully saturated rings. The zero-order valence-corrected chi connectivity index (χ0v) is 12.9. The smallest absolute Gasteiger partial charge is 0.261 e. The highest BCUT2D eigenvalue weighted by atomic mass is 32.2. The summed E-state index contributed by atoms with van der Waals surface area (Å²) in [4.78, 5) is 4.20. The number of rotatable bonds is 6. The van der Waals surface area contributed by atoms with Gasteiger partial charge >= 0.3 is 0 Å². The van der Waals surface area contributed by atoms with Crippen LogP contribution in [0.3, 0.4) is 0 Å². The summed E-state index contributed by atoms with van der Waals surface area (Å²) < 4.78 is 27.1. The molecule has 21 heavy (non-hydrogen) atoms. The molecule has 0 saturated heterocycles. The van der Waals surface area contributed by atoms with E-state index in [9.17, 15) is 8.42 Å². The van der Waals surface area contributed by atoms with Gasteiger partial charge in [-0.1, -0.05) is 6.92 Å². The Labute approximate surface area is 125 Å². The molecule has 0 spiro atoms. The summed E-state index contributed by atoms with van der Waals surface area (Å²) in [5, 5.41) is 3.20. The highest BCUT2D eigenvalue weighted by Gasteiger charge is 2.14. The molecular formula is C15H19N3O2S. The zero-order valence-electron chi connectivity index (χ0n) is 12.1. The van der Waals surface area contributed by atoms with E-state index in [0.29, 0.717) is 5.69 Å². The molecule has 0 saturated carbocycles. The van der Waals surface area contributed by atoms with Crippen LogP contribution in [0.1, 0.15) is 18.9 Å². The van der Waals surface area contributed by atoms with Gasteiger partial charge in [-0.05, 0) is 49.2 Å². The molecule has 0 unspecified atom stereocenters. The number of hydrogen-bond donors (Lipinski definition) is 2. The second-order valence-electron chi connectivity index (χ2n) is 4.81. The summed E-state index contributed by atoms with van der Waals surface area (Å²) in [5.74, 6) is 0. The molecule has 0 aliphatic heterocycles. The van der Waals surface area contributed by atoms with E-state index in [1.54, 1.807) is 36.5 Å². The van der Waals surface area contributed by atoms with Crippen molar-refractivity contribution in [1.82, 2.24) is 4.98 Å². The fourth-order valence-corrected chi connectivity index (χ4v) is 2.88. The van der Waals surface area contributed by atoms with Gasteiger partial charge < -0.3 is 5.32 Å². The van der Waals surface area contributed by atoms with Gasteiger partial charge in [-0.15, -0.1) is 0 Å². The highest BCUT2D eigenvalue weighted by molar-refractivity contribution is 7.92. The van der Waals surface area contributed by atoms with Gasteiger partial charge in [0.05, 0.1) is 16.8 Å². The molecule has 2 rings (SSSR count). The lowest BCUT2D eigenvalue weighted by Crippen LogP contribution is -2.13. The van der Waals surface area contributed by atoms with E-state index in [2.05, 4.69) is 21.9 Å². The van der Waals surface area contributed by atoms with Crippen LogP contribution in [0.4, 0.5) is 11.4 Å². The molecule has 0 radical (unpaired) electrons. The highest BCUT2D eigenvalue weighted by Crippen LogP contribution is 2.18. The Morgan fingerprint density at radius 3 is 2.43 bits per heavy atom. The fraction of sp³-hybridized carbons (Fsp3) is 0.267. The topological polar surface area (TPSA) is 71.1 Å². The summed E-state index contributed by atoms with van der Waals surface area (Å²) in [5.41, 5.74) is 2.27. The lowest BCUT2D eigenvalue weighted by molar-refractivity contribution is 0.601. The van der Waals surface area contributed by atoms with Crippen molar-refractivity contribution in [3.63, 3.8) is 0 Å². The third-order valence-electron chi connectivity index (χ3n) is 2.87. The maximum Gasteiger partial charge on any atom is 0.261 e. The van der Waals surface area contributed by atoms with E-state index in [-0.39, 0.29) is 4.90 Å². The standard InChI is InChI=1S/C15H19N3O2S/c1-3-8-17-13-4-6-15(7-5-13)21(19,20)18-14-9-12(2)10-16-11-14/h4-7,9-11,17-18H,3,8H2,1-2H3. The Morgan fingerprint density at radius 2 is 1.81 bits per heavy atom. The van der Waals surface area contributed by atoms with E-state index >= 15 is 0 Å². The molecule has 112 valence electrons. The number of aryl methyl sites for hydroxylation is 1. The first-order valence-electron chi connectivity index (χ1n) is 6.79. The monoisotopic (exact) mass is 305 g/mol. The van der Waals surface area contributed by atoms with Gasteiger partial charge in [0, 0.05) is 18.4 Å². The van der Waals surface area contributed by atoms with Crippen molar-refractivity contribution in [1.29, 1.82) is 0 Å². The molecule has 5 nitrogen and oxygen atoms in total. The Morgan fingerprint density at radius 1 is 1.10 bits per heavy atom. The third-order valence-corrected chi connectivity index (χ3v) is 4.27. The number of anilines is 2. The van der Waals surface area contributed by atoms with Crippen LogP contribution >= 0.6 is 0 Å². The van der Waals surface area contributed by atoms with Crippen molar-refractivity contribution in [3.05, 3.63) is 48.3 Å². The molecule has 0 bridgehead atoms. The number of benzene rings is 1. The van der Waals surface area contributed by atoms with Gasteiger partial charge in [0.1, 0.15) is 0 Å². The minimum Gasteiger partial charge on any atom is -0.385 e. The quantitative estimate of drug-likeness (QED) is 0.860. The average molecular weight is 305 g/mol. The summed E-state index contributed by atoms with van der Waals surface area (Å²) in [6, 6.07) is 8.44. The first kappa shape index (κ1) is 15.3. The number of aromatic nitrogens is 1. The first-order chi connectivity index (χ1) is 10.0. The van der Waals surface area contributed by atoms with E-state index in [1.807, 2.05) is 6.92 Å². The van der Waals surface area contributed by atoms with Crippen molar-refractivity contribution in [3.8, 4) is 0 Å². The molecule has 2 N–H and O–H groups in total. The SMILES string of the molecule is CCCNc1ccc(S(=O)(=O)Nc2cncc(C)c2)cc1. The number of pyridine rings is 1. The van der Waals surface area contributed by atoms with Crippen LogP contribution in [0.2, 0.25) is 0 Å². The Balaban J connectivity index is 2.15. The molecule has 1 aromatic heterocycles. The van der Waals surface area contributed by atoms with Crippen LogP contribution in [0.5, 0.6) is 0 Å². The molecule has 0 aliphatic carbocycles. The Bertz CT molecular complexity index is 697. The van der Waals surface area contributed by atoms with E-state index < -0.39 is 10.0 Å². The van der Waals surface area contributed by atoms with E-state index in [1.165, 1.54) is 6.20 Å². The van der Waals surface area contributed by atoms with Crippen LogP contribution in [0.15, 0.2) is 47.6 Å². The van der Waals surface area contributed by atoms with Crippen molar-refractivity contribution in [2.45, 2.75) is 25.2 Å². The molecular weight excluding hydrogens is 286 g/mol. The Kier molecular flexibility index (Phi) is 4.80. The maximum absolute atomic E-state index is 12.3. The summed E-state index contributed by atoms with van der Waals surface area (Å²) >= 11 is 0. The predicted octanol–water partition coefficient (Wildman–Crippen LogP) is 3.01. The predicted molar refractivity (Wildman–Crippen MR) is 85.0 cm³/mol. The summed E-state index contributed by atoms with van der Waals surface area (Å²) in [6.07, 6.45) is 4.18. The van der Waals surface area contributed by atoms with Crippen LogP contribution in [-0.2, 0) is 10.0 Å². The Hall–Kier alpha value is -2.08. The first-order valence-corrected chi connectivity index (χ1v) is 8.28. The van der Waals surface area contributed by atoms with Crippen LogP contribution in [0, 0.1) is 6.92 Å². The van der Waals surface area contributed by atoms with Crippen molar-refractivity contribution in [2.75, 3.05) is 16.6 Å². The van der Waals surface area contributed by atoms with Gasteiger partial charge in [0.25, 0.3) is 10.0 Å². The average Bonchev–Trinajstić information content (AvgIpc) is 2.45. The van der Waals surface area contributed by atoms with Crippen LogP contribution < -0.4 is 10.0 Å². The summed E-state index contributed by atoms with van der Waals surface area (Å²) in [7, 11) is -3.59. The molecule has 0 aliphatic rings. The lowest BCUT2D eigenvalue weighted by atomic mass is 10.3. The maximum atomic E-state index is 12.3. The second kappa shape index (κ2) is 6.58. The second-order valence-corrected chi connectivity index (χ2v) is 6.49. The molecule has 1 aromatic carbocycles. The van der Waals surface area contributed by atoms with Crippen molar-refractivity contribution < 1.29 is 8.42 Å². The summed E-state index contributed by atoms with van der Waals surface area (Å²) in [6.45, 7) is 4.80. The van der Waals surface area contributed by atoms with Crippen LogP contribution in [0.25, 0.3) is 0 Å². The number of hydrogen-bond acceptors (Lipinski definition) is 4. The van der Waals surface area contributed by atoms with Gasteiger partial charge in [-0.25, -0.2) is 8.42 Å². The van der Waals surface area contributed by atoms with E-state index in [4.69, 9.17) is 0 Å². The van der Waals surface area contributed by atoms with E-state index in [0.717, 1.165) is 24.2 Å². The van der Waals surface area contributed by atoms with Gasteiger partial charge in [-0.2, -0.15) is 0 Å². The van der Waals surface area contributed by atoms with Gasteiger partial charge in [0.15, 0.2) is 0 Å². The molecule has 2 aromatic rings. The number of sulfonamides is 1. The third kappa shape index (κ3) is 4.19. The molecule has 1 heterocycles. The normalized spacial score (nSPS) is 11.1. The van der Waals surface area contributed by atoms with Gasteiger partial charge in [0.2, 0.25) is 0 Å². The largest absolute Gasteiger partial charge is 0.385 e.